The van der Waals surface area contributed by atoms with Crippen molar-refractivity contribution < 1.29 is 52.7 Å². The topological polar surface area (TPSA) is 228 Å². The van der Waals surface area contributed by atoms with Gasteiger partial charge in [-0.1, -0.05) is 36.9 Å². The fourth-order valence-electron chi connectivity index (χ4n) is 5.80. The van der Waals surface area contributed by atoms with Crippen LogP contribution in [0.3, 0.4) is 0 Å². The van der Waals surface area contributed by atoms with Crippen molar-refractivity contribution in [2.24, 2.45) is 0 Å². The molecule has 2 saturated heterocycles. The Morgan fingerprint density at radius 1 is 0.691 bits per heavy atom. The summed E-state index contributed by atoms with van der Waals surface area (Å²) in [5.74, 6) is -3.20. The molecule has 2 heterocycles. The van der Waals surface area contributed by atoms with E-state index in [0.717, 1.165) is 5.06 Å². The number of carbonyl (C=O) groups is 8. The van der Waals surface area contributed by atoms with Gasteiger partial charge in [0.15, 0.2) is 5.41 Å². The highest BCUT2D eigenvalue weighted by Crippen LogP contribution is 2.32. The third kappa shape index (κ3) is 12.3. The molecule has 0 aromatic heterocycles. The zero-order valence-corrected chi connectivity index (χ0v) is 30.4. The van der Waals surface area contributed by atoms with Gasteiger partial charge in [0, 0.05) is 44.5 Å². The maximum atomic E-state index is 12.8. The second-order valence-electron chi connectivity index (χ2n) is 12.7. The smallest absolute Gasteiger partial charge is 0.363 e. The van der Waals surface area contributed by atoms with Crippen LogP contribution in [0, 0.1) is 0 Å². The highest BCUT2D eigenvalue weighted by molar-refractivity contribution is 6.22. The molecule has 5 N–H and O–H groups in total. The van der Waals surface area contributed by atoms with E-state index in [1.807, 2.05) is 0 Å². The van der Waals surface area contributed by atoms with E-state index in [4.69, 9.17) is 14.3 Å². The Hall–Kier alpha value is -5.94. The molecule has 2 aromatic carbocycles. The third-order valence-electron chi connectivity index (χ3n) is 8.78. The molecule has 0 unspecified atom stereocenters. The molecule has 55 heavy (non-hydrogen) atoms. The molecule has 2 aromatic rings. The van der Waals surface area contributed by atoms with Crippen LogP contribution < -0.4 is 26.6 Å². The Bertz CT molecular complexity index is 1700. The molecule has 294 valence electrons. The van der Waals surface area contributed by atoms with Gasteiger partial charge in [0.1, 0.15) is 0 Å². The van der Waals surface area contributed by atoms with Gasteiger partial charge in [0.2, 0.25) is 23.6 Å². The van der Waals surface area contributed by atoms with Crippen molar-refractivity contribution in [2.75, 3.05) is 46.1 Å². The quantitative estimate of drug-likeness (QED) is 0.0854. The summed E-state index contributed by atoms with van der Waals surface area (Å²) >= 11 is 0. The Morgan fingerprint density at radius 2 is 1.27 bits per heavy atom. The van der Waals surface area contributed by atoms with Crippen molar-refractivity contribution in [1.29, 1.82) is 0 Å². The van der Waals surface area contributed by atoms with Crippen LogP contribution in [-0.4, -0.2) is 98.6 Å². The minimum absolute atomic E-state index is 0.151. The van der Waals surface area contributed by atoms with E-state index in [-0.39, 0.29) is 94.4 Å². The number of amides is 8. The van der Waals surface area contributed by atoms with Gasteiger partial charge in [-0.05, 0) is 61.9 Å². The molecule has 0 atom stereocenters. The molecule has 2 aliphatic rings. The fraction of sp³-hybridized carbons (Fsp3) is 0.421. The summed E-state index contributed by atoms with van der Waals surface area (Å²) in [7, 11) is 0. The third-order valence-corrected chi connectivity index (χ3v) is 8.78. The van der Waals surface area contributed by atoms with E-state index in [1.165, 1.54) is 24.3 Å². The van der Waals surface area contributed by atoms with Crippen molar-refractivity contribution in [3.05, 3.63) is 83.6 Å². The number of rotatable bonds is 22. The van der Waals surface area contributed by atoms with Gasteiger partial charge in [0.05, 0.1) is 37.7 Å². The van der Waals surface area contributed by atoms with Gasteiger partial charge in [-0.2, -0.15) is 0 Å². The van der Waals surface area contributed by atoms with Crippen LogP contribution in [0.1, 0.15) is 77.6 Å². The highest BCUT2D eigenvalue weighted by Gasteiger charge is 2.51. The fourth-order valence-corrected chi connectivity index (χ4v) is 5.80. The first-order valence-electron chi connectivity index (χ1n) is 18.0. The standard InChI is InChI=1S/C38H46N6O11/c1-26-12-17-32(47)44(26)55-34(49)28-15-13-27(14-16-28)33(48)41-21-23-54-25-24-53-22-20-40-31(46)11-7-10-30(45)39-19-6-5-18-38(29-8-3-2-4-9-29)35(50)42-37(52)43-36(38)51/h2-4,8-9,13-16H,1,5-7,10-12,17-25H2,(H,39,45)(H,40,46)(H,41,48)(H2,42,43,50,51,52). The van der Waals surface area contributed by atoms with E-state index in [0.29, 0.717) is 49.1 Å². The summed E-state index contributed by atoms with van der Waals surface area (Å²) in [5, 5.41) is 13.5. The van der Waals surface area contributed by atoms with E-state index in [1.54, 1.807) is 30.3 Å². The lowest BCUT2D eigenvalue weighted by molar-refractivity contribution is -0.153. The molecule has 0 spiro atoms. The predicted octanol–water partition coefficient (Wildman–Crippen LogP) is 1.53. The number of hydrogen-bond donors (Lipinski definition) is 5. The van der Waals surface area contributed by atoms with E-state index in [9.17, 15) is 38.4 Å². The molecule has 8 amide bonds. The van der Waals surface area contributed by atoms with Crippen molar-refractivity contribution in [2.45, 2.75) is 56.8 Å². The Labute approximate surface area is 317 Å². The van der Waals surface area contributed by atoms with Crippen LogP contribution in [-0.2, 0) is 43.7 Å². The maximum absolute atomic E-state index is 12.8. The number of nitrogens with zero attached hydrogens (tertiary/aromatic N) is 1. The first-order valence-corrected chi connectivity index (χ1v) is 18.0. The largest absolute Gasteiger partial charge is 0.377 e. The number of ether oxygens (including phenoxy) is 2. The summed E-state index contributed by atoms with van der Waals surface area (Å²) in [6, 6.07) is 13.5. The Morgan fingerprint density at radius 3 is 1.87 bits per heavy atom. The minimum Gasteiger partial charge on any atom is -0.377 e. The van der Waals surface area contributed by atoms with Gasteiger partial charge in [-0.3, -0.25) is 39.4 Å². The predicted molar refractivity (Wildman–Crippen MR) is 195 cm³/mol. The molecule has 2 fully saturated rings. The van der Waals surface area contributed by atoms with Gasteiger partial charge < -0.3 is 30.3 Å². The van der Waals surface area contributed by atoms with E-state index >= 15 is 0 Å². The van der Waals surface area contributed by atoms with E-state index < -0.39 is 29.2 Å². The van der Waals surface area contributed by atoms with E-state index in [2.05, 4.69) is 33.2 Å². The molecule has 4 rings (SSSR count). The maximum Gasteiger partial charge on any atom is 0.363 e. The zero-order chi connectivity index (χ0) is 39.6. The number of carbonyl (C=O) groups excluding carboxylic acids is 8. The normalized spacial score (nSPS) is 14.9. The number of hydrogen-bond acceptors (Lipinski definition) is 11. The summed E-state index contributed by atoms with van der Waals surface area (Å²) in [4.78, 5) is 103. The zero-order valence-electron chi connectivity index (χ0n) is 30.4. The first kappa shape index (κ1) is 41.8. The lowest BCUT2D eigenvalue weighted by Gasteiger charge is -2.34. The molecule has 0 saturated carbocycles. The highest BCUT2D eigenvalue weighted by atomic mass is 16.7. The lowest BCUT2D eigenvalue weighted by Crippen LogP contribution is -2.64. The number of nitrogens with one attached hydrogen (secondary N) is 5. The Kier molecular flexibility index (Phi) is 16.0. The van der Waals surface area contributed by atoms with Crippen molar-refractivity contribution >= 4 is 47.4 Å². The summed E-state index contributed by atoms with van der Waals surface area (Å²) < 4.78 is 10.9. The summed E-state index contributed by atoms with van der Waals surface area (Å²) in [5.41, 5.74) is -0.134. The van der Waals surface area contributed by atoms with Crippen LogP contribution in [0.25, 0.3) is 0 Å². The van der Waals surface area contributed by atoms with Crippen molar-refractivity contribution in [3.8, 4) is 0 Å². The number of allylic oxidation sites excluding steroid dienone is 1. The average molecular weight is 763 g/mol. The number of hydroxylamine groups is 2. The second kappa shape index (κ2) is 21.1. The first-order chi connectivity index (χ1) is 26.5. The van der Waals surface area contributed by atoms with Crippen LogP contribution in [0.15, 0.2) is 66.9 Å². The number of imide groups is 2. The average Bonchev–Trinajstić information content (AvgIpc) is 3.48. The van der Waals surface area contributed by atoms with Crippen molar-refractivity contribution in [3.63, 3.8) is 0 Å². The molecule has 2 aliphatic heterocycles. The van der Waals surface area contributed by atoms with Crippen LogP contribution >= 0.6 is 0 Å². The number of urea groups is 1. The van der Waals surface area contributed by atoms with Crippen LogP contribution in [0.2, 0.25) is 0 Å². The number of unbranched alkanes of at least 4 members (excludes halogenated alkanes) is 1. The molecule has 0 aliphatic carbocycles. The van der Waals surface area contributed by atoms with Gasteiger partial charge in [-0.15, -0.1) is 5.06 Å². The lowest BCUT2D eigenvalue weighted by atomic mass is 9.73. The molecule has 17 heteroatoms. The monoisotopic (exact) mass is 762 g/mol. The number of barbiturate groups is 1. The minimum atomic E-state index is -1.54. The van der Waals surface area contributed by atoms with Gasteiger partial charge in [-0.25, -0.2) is 9.59 Å². The SMILES string of the molecule is C=C1CCC(=O)N1OC(=O)c1ccc(C(=O)NCCOCCOCCNC(=O)CCCC(=O)NCCCCC2(c3ccccc3)C(=O)NC(=O)NC2=O)cc1. The molecular weight excluding hydrogens is 716 g/mol. The van der Waals surface area contributed by atoms with Gasteiger partial charge >= 0.3 is 12.0 Å². The van der Waals surface area contributed by atoms with Gasteiger partial charge in [0.25, 0.3) is 11.8 Å². The van der Waals surface area contributed by atoms with Crippen molar-refractivity contribution in [1.82, 2.24) is 31.6 Å². The molecular formula is C38H46N6O11. The summed E-state index contributed by atoms with van der Waals surface area (Å²) in [6.45, 7) is 5.63. The van der Waals surface area contributed by atoms with Crippen LogP contribution in [0.4, 0.5) is 4.79 Å². The molecule has 0 bridgehead atoms. The second-order valence-corrected chi connectivity index (χ2v) is 12.7. The van der Waals surface area contributed by atoms with Crippen LogP contribution in [0.5, 0.6) is 0 Å². The number of benzene rings is 2. The summed E-state index contributed by atoms with van der Waals surface area (Å²) in [6.07, 6.45) is 2.43. The molecule has 17 nitrogen and oxygen atoms in total. The Balaban J connectivity index is 0.964. The molecule has 0 radical (unpaired) electrons.